The van der Waals surface area contributed by atoms with Crippen LogP contribution in [0.4, 0.5) is 11.4 Å². The van der Waals surface area contributed by atoms with Crippen molar-refractivity contribution in [2.24, 2.45) is 0 Å². The zero-order chi connectivity index (χ0) is 15.4. The molecule has 3 rings (SSSR count). The molecule has 1 atom stereocenters. The Kier molecular flexibility index (Phi) is 4.55. The van der Waals surface area contributed by atoms with E-state index in [1.165, 1.54) is 0 Å². The second kappa shape index (κ2) is 6.76. The summed E-state index contributed by atoms with van der Waals surface area (Å²) in [6.07, 6.45) is 0. The first-order valence-corrected chi connectivity index (χ1v) is 7.34. The summed E-state index contributed by atoms with van der Waals surface area (Å²) < 4.78 is 10.5. The highest BCUT2D eigenvalue weighted by molar-refractivity contribution is 6.00. The normalized spacial score (nSPS) is 22.1. The number of hydrogen-bond acceptors (Lipinski definition) is 5. The largest absolute Gasteiger partial charge is 0.378 e. The van der Waals surface area contributed by atoms with E-state index in [1.54, 1.807) is 0 Å². The smallest absolute Gasteiger partial charge is 0.249 e. The molecule has 118 valence electrons. The molecule has 22 heavy (non-hydrogen) atoms. The van der Waals surface area contributed by atoms with E-state index in [4.69, 9.17) is 9.47 Å². The first kappa shape index (κ1) is 14.8. The summed E-state index contributed by atoms with van der Waals surface area (Å²) in [6, 6.07) is 6.98. The summed E-state index contributed by atoms with van der Waals surface area (Å²) in [7, 11) is 0. The van der Waals surface area contributed by atoms with Crippen molar-refractivity contribution in [3.63, 3.8) is 0 Å². The third-order valence-electron chi connectivity index (χ3n) is 3.68. The maximum absolute atomic E-state index is 12.3. The van der Waals surface area contributed by atoms with Gasteiger partial charge >= 0.3 is 0 Å². The second-order valence-corrected chi connectivity index (χ2v) is 5.24. The van der Waals surface area contributed by atoms with Gasteiger partial charge in [0, 0.05) is 13.1 Å². The van der Waals surface area contributed by atoms with Gasteiger partial charge in [-0.15, -0.1) is 0 Å². The number of benzene rings is 1. The van der Waals surface area contributed by atoms with Gasteiger partial charge in [-0.25, -0.2) is 0 Å². The van der Waals surface area contributed by atoms with Crippen LogP contribution in [0.1, 0.15) is 0 Å². The fourth-order valence-electron chi connectivity index (χ4n) is 2.57. The van der Waals surface area contributed by atoms with Crippen molar-refractivity contribution >= 4 is 23.2 Å². The van der Waals surface area contributed by atoms with Gasteiger partial charge in [0.05, 0.1) is 31.2 Å². The number of nitrogens with zero attached hydrogens (tertiary/aromatic N) is 1. The molecule has 0 aliphatic carbocycles. The van der Waals surface area contributed by atoms with E-state index in [1.807, 2.05) is 24.3 Å². The van der Waals surface area contributed by atoms with Crippen molar-refractivity contribution in [2.45, 2.75) is 6.04 Å². The number of anilines is 2. The molecule has 2 aliphatic rings. The lowest BCUT2D eigenvalue weighted by Crippen LogP contribution is -2.52. The number of rotatable bonds is 3. The molecular weight excluding hydrogens is 286 g/mol. The predicted octanol–water partition coefficient (Wildman–Crippen LogP) is -0.0233. The lowest BCUT2D eigenvalue weighted by molar-refractivity contribution is -0.136. The summed E-state index contributed by atoms with van der Waals surface area (Å²) in [6.45, 7) is 3.13. The number of ether oxygens (including phenoxy) is 2. The Morgan fingerprint density at radius 1 is 1.23 bits per heavy atom. The standard InChI is InChI=1S/C15H19N3O4/c19-14-10-22-9-12(16-14)15(20)17-11-3-1-2-4-13(11)18-5-7-21-8-6-18/h1-4,12H,5-10H2,(H,16,19)(H,17,20). The van der Waals surface area contributed by atoms with Crippen LogP contribution in [0.3, 0.4) is 0 Å². The summed E-state index contributed by atoms with van der Waals surface area (Å²) in [5.74, 6) is -0.540. The van der Waals surface area contributed by atoms with Crippen molar-refractivity contribution in [2.75, 3.05) is 49.7 Å². The van der Waals surface area contributed by atoms with Crippen molar-refractivity contribution in [3.8, 4) is 0 Å². The Morgan fingerprint density at radius 3 is 2.77 bits per heavy atom. The molecule has 0 saturated carbocycles. The molecule has 7 nitrogen and oxygen atoms in total. The Morgan fingerprint density at radius 2 is 2.00 bits per heavy atom. The molecule has 1 unspecified atom stereocenters. The Bertz CT molecular complexity index is 557. The molecule has 2 fully saturated rings. The third kappa shape index (κ3) is 3.37. The van der Waals surface area contributed by atoms with Gasteiger partial charge in [-0.05, 0) is 12.1 Å². The molecule has 0 radical (unpaired) electrons. The molecule has 1 aromatic carbocycles. The molecular formula is C15H19N3O4. The monoisotopic (exact) mass is 305 g/mol. The van der Waals surface area contributed by atoms with E-state index in [0.29, 0.717) is 13.2 Å². The average molecular weight is 305 g/mol. The molecule has 1 aromatic rings. The number of para-hydroxylation sites is 2. The Balaban J connectivity index is 1.71. The number of hydrogen-bond donors (Lipinski definition) is 2. The van der Waals surface area contributed by atoms with Crippen LogP contribution in [-0.4, -0.2) is 57.4 Å². The first-order chi connectivity index (χ1) is 10.7. The summed E-state index contributed by atoms with van der Waals surface area (Å²) in [4.78, 5) is 25.8. The molecule has 2 amide bonds. The predicted molar refractivity (Wildman–Crippen MR) is 80.9 cm³/mol. The van der Waals surface area contributed by atoms with Crippen LogP contribution in [0, 0.1) is 0 Å². The van der Waals surface area contributed by atoms with Crippen molar-refractivity contribution < 1.29 is 19.1 Å². The fraction of sp³-hybridized carbons (Fsp3) is 0.467. The first-order valence-electron chi connectivity index (χ1n) is 7.34. The van der Waals surface area contributed by atoms with E-state index in [9.17, 15) is 9.59 Å². The summed E-state index contributed by atoms with van der Waals surface area (Å²) in [5.41, 5.74) is 1.69. The molecule has 0 aromatic heterocycles. The van der Waals surface area contributed by atoms with Crippen molar-refractivity contribution in [1.29, 1.82) is 0 Å². The highest BCUT2D eigenvalue weighted by Gasteiger charge is 2.26. The van der Waals surface area contributed by atoms with Crippen LogP contribution in [0.15, 0.2) is 24.3 Å². The second-order valence-electron chi connectivity index (χ2n) is 5.24. The topological polar surface area (TPSA) is 79.9 Å². The van der Waals surface area contributed by atoms with Crippen LogP contribution in [0.25, 0.3) is 0 Å². The van der Waals surface area contributed by atoms with Crippen LogP contribution >= 0.6 is 0 Å². The number of amides is 2. The SMILES string of the molecule is O=C1COCC(C(=O)Nc2ccccc2N2CCOCC2)N1. The quantitative estimate of drug-likeness (QED) is 0.820. The fourth-order valence-corrected chi connectivity index (χ4v) is 2.57. The number of nitrogens with one attached hydrogen (secondary N) is 2. The van der Waals surface area contributed by atoms with E-state index in [0.717, 1.165) is 24.5 Å². The van der Waals surface area contributed by atoms with Gasteiger partial charge < -0.3 is 25.0 Å². The Labute approximate surface area is 128 Å². The minimum Gasteiger partial charge on any atom is -0.378 e. The van der Waals surface area contributed by atoms with Gasteiger partial charge in [0.15, 0.2) is 0 Å². The van der Waals surface area contributed by atoms with Crippen LogP contribution < -0.4 is 15.5 Å². The van der Waals surface area contributed by atoms with Crippen LogP contribution in [0.5, 0.6) is 0 Å². The Hall–Kier alpha value is -2.12. The molecule has 2 saturated heterocycles. The van der Waals surface area contributed by atoms with E-state index >= 15 is 0 Å². The zero-order valence-electron chi connectivity index (χ0n) is 12.2. The molecule has 7 heteroatoms. The summed E-state index contributed by atoms with van der Waals surface area (Å²) in [5, 5.41) is 5.51. The molecule has 2 aliphatic heterocycles. The number of carbonyl (C=O) groups is 2. The number of carbonyl (C=O) groups excluding carboxylic acids is 2. The molecule has 0 bridgehead atoms. The van der Waals surface area contributed by atoms with E-state index < -0.39 is 6.04 Å². The van der Waals surface area contributed by atoms with Gasteiger partial charge in [0.1, 0.15) is 12.6 Å². The van der Waals surface area contributed by atoms with E-state index in [2.05, 4.69) is 15.5 Å². The highest BCUT2D eigenvalue weighted by atomic mass is 16.5. The van der Waals surface area contributed by atoms with E-state index in [-0.39, 0.29) is 25.0 Å². The van der Waals surface area contributed by atoms with Gasteiger partial charge in [-0.3, -0.25) is 9.59 Å². The molecule has 2 N–H and O–H groups in total. The maximum atomic E-state index is 12.3. The lowest BCUT2D eigenvalue weighted by Gasteiger charge is -2.31. The number of morpholine rings is 2. The zero-order valence-corrected chi connectivity index (χ0v) is 12.2. The van der Waals surface area contributed by atoms with Gasteiger partial charge in [0.25, 0.3) is 0 Å². The minimum absolute atomic E-state index is 0.00808. The van der Waals surface area contributed by atoms with Gasteiger partial charge in [0.2, 0.25) is 11.8 Å². The van der Waals surface area contributed by atoms with Crippen molar-refractivity contribution in [3.05, 3.63) is 24.3 Å². The molecule has 2 heterocycles. The van der Waals surface area contributed by atoms with Crippen molar-refractivity contribution in [1.82, 2.24) is 5.32 Å². The third-order valence-corrected chi connectivity index (χ3v) is 3.68. The highest BCUT2D eigenvalue weighted by Crippen LogP contribution is 2.26. The lowest BCUT2D eigenvalue weighted by atomic mass is 10.2. The minimum atomic E-state index is -0.654. The average Bonchev–Trinajstić information content (AvgIpc) is 2.56. The maximum Gasteiger partial charge on any atom is 0.249 e. The van der Waals surface area contributed by atoms with Gasteiger partial charge in [-0.1, -0.05) is 12.1 Å². The molecule has 0 spiro atoms. The van der Waals surface area contributed by atoms with Crippen LogP contribution in [-0.2, 0) is 19.1 Å². The van der Waals surface area contributed by atoms with Gasteiger partial charge in [-0.2, -0.15) is 0 Å². The van der Waals surface area contributed by atoms with Crippen LogP contribution in [0.2, 0.25) is 0 Å². The summed E-state index contributed by atoms with van der Waals surface area (Å²) >= 11 is 0.